The highest BCUT2D eigenvalue weighted by molar-refractivity contribution is 5.89. The van der Waals surface area contributed by atoms with Crippen LogP contribution in [-0.4, -0.2) is 18.6 Å². The summed E-state index contributed by atoms with van der Waals surface area (Å²) in [6.07, 6.45) is 1.74. The van der Waals surface area contributed by atoms with E-state index in [4.69, 9.17) is 5.73 Å². The van der Waals surface area contributed by atoms with Crippen molar-refractivity contribution < 1.29 is 4.79 Å². The summed E-state index contributed by atoms with van der Waals surface area (Å²) in [6, 6.07) is 7.68. The zero-order valence-electron chi connectivity index (χ0n) is 10.5. The molecule has 17 heavy (non-hydrogen) atoms. The molecule has 0 saturated heterocycles. The summed E-state index contributed by atoms with van der Waals surface area (Å²) in [5, 5.41) is 5.57. The lowest BCUT2D eigenvalue weighted by Crippen LogP contribution is -2.33. The maximum atomic E-state index is 11.5. The first-order valence-corrected chi connectivity index (χ1v) is 5.99. The molecule has 0 saturated carbocycles. The molecule has 0 spiro atoms. The number of amides is 2. The highest BCUT2D eigenvalue weighted by Gasteiger charge is 2.03. The normalized spacial score (nSPS) is 11.9. The van der Waals surface area contributed by atoms with Crippen molar-refractivity contribution in [3.63, 3.8) is 0 Å². The Bertz CT molecular complexity index is 365. The minimum Gasteiger partial charge on any atom is -0.338 e. The van der Waals surface area contributed by atoms with E-state index in [1.807, 2.05) is 38.1 Å². The summed E-state index contributed by atoms with van der Waals surface area (Å²) in [4.78, 5) is 11.5. The zero-order chi connectivity index (χ0) is 12.7. The molecule has 0 aliphatic heterocycles. The molecule has 0 aliphatic carbocycles. The number of carbonyl (C=O) groups excluding carboxylic acids is 1. The molecule has 0 radical (unpaired) electrons. The number of urea groups is 1. The molecule has 4 nitrogen and oxygen atoms in total. The maximum absolute atomic E-state index is 11.5. The molecule has 94 valence electrons. The Morgan fingerprint density at radius 2 is 2.24 bits per heavy atom. The van der Waals surface area contributed by atoms with Crippen LogP contribution in [0.3, 0.4) is 0 Å². The van der Waals surface area contributed by atoms with Crippen LogP contribution in [0.1, 0.15) is 25.3 Å². The predicted molar refractivity (Wildman–Crippen MR) is 71.1 cm³/mol. The van der Waals surface area contributed by atoms with Gasteiger partial charge in [-0.25, -0.2) is 4.79 Å². The van der Waals surface area contributed by atoms with Crippen LogP contribution in [0.2, 0.25) is 0 Å². The second kappa shape index (κ2) is 6.91. The lowest BCUT2D eigenvalue weighted by atomic mass is 10.2. The average molecular weight is 235 g/mol. The van der Waals surface area contributed by atoms with Crippen molar-refractivity contribution >= 4 is 11.7 Å². The number of nitrogens with one attached hydrogen (secondary N) is 2. The summed E-state index contributed by atoms with van der Waals surface area (Å²) in [7, 11) is 0. The molecule has 1 aromatic rings. The average Bonchev–Trinajstić information content (AvgIpc) is 2.28. The van der Waals surface area contributed by atoms with Gasteiger partial charge in [-0.3, -0.25) is 0 Å². The van der Waals surface area contributed by atoms with Crippen molar-refractivity contribution in [2.24, 2.45) is 5.73 Å². The molecular formula is C13H21N3O. The Balaban J connectivity index is 2.30. The van der Waals surface area contributed by atoms with Gasteiger partial charge in [0, 0.05) is 18.3 Å². The molecule has 0 bridgehead atoms. The second-order valence-electron chi connectivity index (χ2n) is 4.21. The van der Waals surface area contributed by atoms with Gasteiger partial charge in [-0.1, -0.05) is 19.1 Å². The van der Waals surface area contributed by atoms with Gasteiger partial charge in [-0.05, 0) is 37.5 Å². The van der Waals surface area contributed by atoms with Crippen LogP contribution in [-0.2, 0) is 0 Å². The molecule has 4 N–H and O–H groups in total. The third-order valence-corrected chi connectivity index (χ3v) is 2.60. The molecule has 2 amide bonds. The van der Waals surface area contributed by atoms with Crippen molar-refractivity contribution in [1.82, 2.24) is 5.32 Å². The smallest absolute Gasteiger partial charge is 0.319 e. The van der Waals surface area contributed by atoms with Crippen LogP contribution in [0.4, 0.5) is 10.5 Å². The third-order valence-electron chi connectivity index (χ3n) is 2.60. The Labute approximate surface area is 103 Å². The van der Waals surface area contributed by atoms with Gasteiger partial charge in [0.05, 0.1) is 0 Å². The molecule has 0 aliphatic rings. The number of nitrogens with two attached hydrogens (primary N) is 1. The van der Waals surface area contributed by atoms with Crippen molar-refractivity contribution in [2.45, 2.75) is 32.7 Å². The van der Waals surface area contributed by atoms with E-state index in [1.54, 1.807) is 0 Å². The number of aryl methyl sites for hydroxylation is 1. The molecule has 1 atom stereocenters. The fraction of sp³-hybridized carbons (Fsp3) is 0.462. The van der Waals surface area contributed by atoms with Gasteiger partial charge < -0.3 is 16.4 Å². The van der Waals surface area contributed by atoms with Gasteiger partial charge in [0.15, 0.2) is 0 Å². The van der Waals surface area contributed by atoms with Gasteiger partial charge in [-0.2, -0.15) is 0 Å². The number of rotatable bonds is 5. The second-order valence-corrected chi connectivity index (χ2v) is 4.21. The third kappa shape index (κ3) is 5.36. The number of hydrogen-bond acceptors (Lipinski definition) is 2. The van der Waals surface area contributed by atoms with E-state index in [2.05, 4.69) is 10.6 Å². The SMILES string of the molecule is CCC(N)CCNC(=O)Nc1cccc(C)c1. The van der Waals surface area contributed by atoms with E-state index in [9.17, 15) is 4.79 Å². The van der Waals surface area contributed by atoms with Crippen LogP contribution in [0.25, 0.3) is 0 Å². The highest BCUT2D eigenvalue weighted by Crippen LogP contribution is 2.08. The molecule has 0 aromatic heterocycles. The monoisotopic (exact) mass is 235 g/mol. The summed E-state index contributed by atoms with van der Waals surface area (Å²) in [6.45, 7) is 4.63. The Morgan fingerprint density at radius 1 is 1.47 bits per heavy atom. The first-order valence-electron chi connectivity index (χ1n) is 5.99. The number of anilines is 1. The van der Waals surface area contributed by atoms with Crippen LogP contribution in [0, 0.1) is 6.92 Å². The van der Waals surface area contributed by atoms with Gasteiger partial charge >= 0.3 is 6.03 Å². The summed E-state index contributed by atoms with van der Waals surface area (Å²) in [5.41, 5.74) is 7.69. The van der Waals surface area contributed by atoms with Crippen molar-refractivity contribution in [2.75, 3.05) is 11.9 Å². The van der Waals surface area contributed by atoms with Gasteiger partial charge in [0.25, 0.3) is 0 Å². The quantitative estimate of drug-likeness (QED) is 0.732. The predicted octanol–water partition coefficient (Wildman–Crippen LogP) is 2.24. The number of benzene rings is 1. The molecule has 4 heteroatoms. The molecule has 1 aromatic carbocycles. The maximum Gasteiger partial charge on any atom is 0.319 e. The van der Waals surface area contributed by atoms with Crippen molar-refractivity contribution in [3.05, 3.63) is 29.8 Å². The van der Waals surface area contributed by atoms with E-state index in [0.717, 1.165) is 24.1 Å². The van der Waals surface area contributed by atoms with Crippen LogP contribution < -0.4 is 16.4 Å². The number of hydrogen-bond donors (Lipinski definition) is 3. The first-order chi connectivity index (χ1) is 8.11. The van der Waals surface area contributed by atoms with Crippen LogP contribution >= 0.6 is 0 Å². The molecular weight excluding hydrogens is 214 g/mol. The Kier molecular flexibility index (Phi) is 5.49. The highest BCUT2D eigenvalue weighted by atomic mass is 16.2. The zero-order valence-corrected chi connectivity index (χ0v) is 10.5. The molecule has 1 rings (SSSR count). The van der Waals surface area contributed by atoms with E-state index in [-0.39, 0.29) is 12.1 Å². The first kappa shape index (κ1) is 13.5. The fourth-order valence-electron chi connectivity index (χ4n) is 1.47. The van der Waals surface area contributed by atoms with Gasteiger partial charge in [0.1, 0.15) is 0 Å². The Hall–Kier alpha value is -1.55. The standard InChI is InChI=1S/C13H21N3O/c1-3-11(14)7-8-15-13(17)16-12-6-4-5-10(2)9-12/h4-6,9,11H,3,7-8,14H2,1-2H3,(H2,15,16,17). The van der Waals surface area contributed by atoms with Crippen molar-refractivity contribution in [1.29, 1.82) is 0 Å². The number of carbonyl (C=O) groups is 1. The van der Waals surface area contributed by atoms with Gasteiger partial charge in [0.2, 0.25) is 0 Å². The van der Waals surface area contributed by atoms with Gasteiger partial charge in [-0.15, -0.1) is 0 Å². The van der Waals surface area contributed by atoms with E-state index in [0.29, 0.717) is 6.54 Å². The Morgan fingerprint density at radius 3 is 2.88 bits per heavy atom. The lowest BCUT2D eigenvalue weighted by Gasteiger charge is -2.10. The van der Waals surface area contributed by atoms with E-state index < -0.39 is 0 Å². The summed E-state index contributed by atoms with van der Waals surface area (Å²) >= 11 is 0. The van der Waals surface area contributed by atoms with E-state index in [1.165, 1.54) is 0 Å². The van der Waals surface area contributed by atoms with Crippen molar-refractivity contribution in [3.8, 4) is 0 Å². The molecule has 0 fully saturated rings. The van der Waals surface area contributed by atoms with Crippen LogP contribution in [0.15, 0.2) is 24.3 Å². The van der Waals surface area contributed by atoms with Crippen LogP contribution in [0.5, 0.6) is 0 Å². The topological polar surface area (TPSA) is 67.1 Å². The lowest BCUT2D eigenvalue weighted by molar-refractivity contribution is 0.251. The largest absolute Gasteiger partial charge is 0.338 e. The summed E-state index contributed by atoms with van der Waals surface area (Å²) < 4.78 is 0. The molecule has 1 unspecified atom stereocenters. The minimum absolute atomic E-state index is 0.161. The van der Waals surface area contributed by atoms with E-state index >= 15 is 0 Å². The molecule has 0 heterocycles. The minimum atomic E-state index is -0.182. The summed E-state index contributed by atoms with van der Waals surface area (Å²) in [5.74, 6) is 0. The fourth-order valence-corrected chi connectivity index (χ4v) is 1.47.